The van der Waals surface area contributed by atoms with Crippen molar-refractivity contribution in [1.82, 2.24) is 9.80 Å². The average Bonchev–Trinajstić information content (AvgIpc) is 2.61. The van der Waals surface area contributed by atoms with E-state index in [9.17, 15) is 9.59 Å². The lowest BCUT2D eigenvalue weighted by Gasteiger charge is -2.34. The van der Waals surface area contributed by atoms with Gasteiger partial charge in [-0.3, -0.25) is 9.59 Å². The standard InChI is InChI=1S/C19H28N2O3/c1-4-10-20-11-12-21(13-18(20)22)19(23)14-24-17-9-7-6-8-16(17)15(3)5-2/h6-9,15H,4-5,10-14H2,1-3H3. The van der Waals surface area contributed by atoms with Crippen molar-refractivity contribution in [2.45, 2.75) is 39.5 Å². The lowest BCUT2D eigenvalue weighted by molar-refractivity contribution is -0.146. The van der Waals surface area contributed by atoms with Gasteiger partial charge in [0, 0.05) is 19.6 Å². The molecule has 0 bridgehead atoms. The SMILES string of the molecule is CCCN1CCN(C(=O)COc2ccccc2C(C)CC)CC1=O. The van der Waals surface area contributed by atoms with Gasteiger partial charge in [0.15, 0.2) is 6.61 Å². The number of hydrogen-bond donors (Lipinski definition) is 0. The highest BCUT2D eigenvalue weighted by Gasteiger charge is 2.26. The van der Waals surface area contributed by atoms with E-state index in [1.165, 1.54) is 0 Å². The first-order valence-corrected chi connectivity index (χ1v) is 8.84. The van der Waals surface area contributed by atoms with Gasteiger partial charge in [0.1, 0.15) is 5.75 Å². The van der Waals surface area contributed by atoms with Crippen LogP contribution in [0.15, 0.2) is 24.3 Å². The van der Waals surface area contributed by atoms with Gasteiger partial charge < -0.3 is 14.5 Å². The minimum Gasteiger partial charge on any atom is -0.483 e. The second-order valence-corrected chi connectivity index (χ2v) is 6.33. The Balaban J connectivity index is 1.91. The van der Waals surface area contributed by atoms with Crippen LogP contribution in [0.4, 0.5) is 0 Å². The molecule has 1 atom stereocenters. The second kappa shape index (κ2) is 8.71. The van der Waals surface area contributed by atoms with Crippen molar-refractivity contribution < 1.29 is 14.3 Å². The predicted octanol–water partition coefficient (Wildman–Crippen LogP) is 2.66. The molecule has 1 saturated heterocycles. The quantitative estimate of drug-likeness (QED) is 0.771. The summed E-state index contributed by atoms with van der Waals surface area (Å²) < 4.78 is 5.77. The molecule has 0 spiro atoms. The first kappa shape index (κ1) is 18.3. The van der Waals surface area contributed by atoms with Crippen LogP contribution in [0.3, 0.4) is 0 Å². The maximum absolute atomic E-state index is 12.4. The number of benzene rings is 1. The van der Waals surface area contributed by atoms with Crippen LogP contribution in [-0.4, -0.2) is 54.4 Å². The van der Waals surface area contributed by atoms with E-state index in [0.29, 0.717) is 19.0 Å². The van der Waals surface area contributed by atoms with E-state index >= 15 is 0 Å². The van der Waals surface area contributed by atoms with Gasteiger partial charge >= 0.3 is 0 Å². The first-order chi connectivity index (χ1) is 11.6. The summed E-state index contributed by atoms with van der Waals surface area (Å²) in [4.78, 5) is 27.8. The number of rotatable bonds is 7. The molecule has 1 aromatic rings. The third-order valence-electron chi connectivity index (χ3n) is 4.58. The Bertz CT molecular complexity index is 573. The molecule has 2 rings (SSSR count). The molecule has 1 heterocycles. The Morgan fingerprint density at radius 3 is 2.67 bits per heavy atom. The number of ether oxygens (including phenoxy) is 1. The van der Waals surface area contributed by atoms with E-state index in [2.05, 4.69) is 13.8 Å². The monoisotopic (exact) mass is 332 g/mol. The van der Waals surface area contributed by atoms with Gasteiger partial charge in [0.2, 0.25) is 5.91 Å². The second-order valence-electron chi connectivity index (χ2n) is 6.33. The molecular formula is C19H28N2O3. The third-order valence-corrected chi connectivity index (χ3v) is 4.58. The highest BCUT2D eigenvalue weighted by Crippen LogP contribution is 2.28. The van der Waals surface area contributed by atoms with Gasteiger partial charge in [0.05, 0.1) is 6.54 Å². The van der Waals surface area contributed by atoms with Gasteiger partial charge in [-0.05, 0) is 30.4 Å². The van der Waals surface area contributed by atoms with Crippen LogP contribution < -0.4 is 4.74 Å². The molecule has 1 aliphatic heterocycles. The highest BCUT2D eigenvalue weighted by atomic mass is 16.5. The molecule has 0 saturated carbocycles. The molecule has 2 amide bonds. The summed E-state index contributed by atoms with van der Waals surface area (Å²) >= 11 is 0. The molecule has 1 aliphatic rings. The average molecular weight is 332 g/mol. The van der Waals surface area contributed by atoms with Crippen LogP contribution >= 0.6 is 0 Å². The lowest BCUT2D eigenvalue weighted by Crippen LogP contribution is -2.53. The molecular weight excluding hydrogens is 304 g/mol. The summed E-state index contributed by atoms with van der Waals surface area (Å²) in [5.41, 5.74) is 1.12. The molecule has 132 valence electrons. The van der Waals surface area contributed by atoms with E-state index in [0.717, 1.165) is 30.7 Å². The first-order valence-electron chi connectivity index (χ1n) is 8.84. The Labute approximate surface area is 144 Å². The number of hydrogen-bond acceptors (Lipinski definition) is 3. The zero-order valence-electron chi connectivity index (χ0n) is 15.0. The Morgan fingerprint density at radius 2 is 2.00 bits per heavy atom. The van der Waals surface area contributed by atoms with Crippen molar-refractivity contribution in [3.05, 3.63) is 29.8 Å². The minimum atomic E-state index is -0.126. The predicted molar refractivity (Wildman–Crippen MR) is 94.1 cm³/mol. The highest BCUT2D eigenvalue weighted by molar-refractivity contribution is 5.86. The number of carbonyl (C=O) groups is 2. The maximum Gasteiger partial charge on any atom is 0.261 e. The fourth-order valence-corrected chi connectivity index (χ4v) is 2.90. The Hall–Kier alpha value is -2.04. The summed E-state index contributed by atoms with van der Waals surface area (Å²) in [6.45, 7) is 8.43. The van der Waals surface area contributed by atoms with Crippen molar-refractivity contribution in [3.8, 4) is 5.75 Å². The molecule has 5 nitrogen and oxygen atoms in total. The summed E-state index contributed by atoms with van der Waals surface area (Å²) in [7, 11) is 0. The lowest BCUT2D eigenvalue weighted by atomic mass is 9.98. The van der Waals surface area contributed by atoms with Crippen LogP contribution in [0.5, 0.6) is 5.75 Å². The van der Waals surface area contributed by atoms with Crippen molar-refractivity contribution in [2.75, 3.05) is 32.8 Å². The summed E-state index contributed by atoms with van der Waals surface area (Å²) in [5, 5.41) is 0. The van der Waals surface area contributed by atoms with Gasteiger partial charge in [-0.1, -0.05) is 39.0 Å². The zero-order chi connectivity index (χ0) is 17.5. The maximum atomic E-state index is 12.4. The molecule has 0 aliphatic carbocycles. The van der Waals surface area contributed by atoms with Crippen LogP contribution in [0.2, 0.25) is 0 Å². The molecule has 0 N–H and O–H groups in total. The fourth-order valence-electron chi connectivity index (χ4n) is 2.90. The Morgan fingerprint density at radius 1 is 1.25 bits per heavy atom. The van der Waals surface area contributed by atoms with E-state index in [4.69, 9.17) is 4.74 Å². The zero-order valence-corrected chi connectivity index (χ0v) is 15.0. The normalized spacial score (nSPS) is 16.2. The molecule has 0 radical (unpaired) electrons. The smallest absolute Gasteiger partial charge is 0.261 e. The number of piperazine rings is 1. The minimum absolute atomic E-state index is 0.0193. The van der Waals surface area contributed by atoms with E-state index < -0.39 is 0 Å². The molecule has 24 heavy (non-hydrogen) atoms. The number of carbonyl (C=O) groups excluding carboxylic acids is 2. The molecule has 1 aromatic carbocycles. The van der Waals surface area contributed by atoms with Gasteiger partial charge in [-0.15, -0.1) is 0 Å². The summed E-state index contributed by atoms with van der Waals surface area (Å²) in [6.07, 6.45) is 1.96. The molecule has 1 fully saturated rings. The number of nitrogens with zero attached hydrogens (tertiary/aromatic N) is 2. The van der Waals surface area contributed by atoms with Crippen molar-refractivity contribution in [1.29, 1.82) is 0 Å². The van der Waals surface area contributed by atoms with Gasteiger partial charge in [-0.2, -0.15) is 0 Å². The van der Waals surface area contributed by atoms with E-state index in [1.54, 1.807) is 4.90 Å². The summed E-state index contributed by atoms with van der Waals surface area (Å²) in [5.74, 6) is 1.04. The number of para-hydroxylation sites is 1. The largest absolute Gasteiger partial charge is 0.483 e. The molecule has 1 unspecified atom stereocenters. The molecule has 0 aromatic heterocycles. The third kappa shape index (κ3) is 4.49. The fraction of sp³-hybridized carbons (Fsp3) is 0.579. The van der Waals surface area contributed by atoms with E-state index in [-0.39, 0.29) is 25.0 Å². The van der Waals surface area contributed by atoms with Crippen LogP contribution in [0.1, 0.15) is 45.1 Å². The summed E-state index contributed by atoms with van der Waals surface area (Å²) in [6, 6.07) is 7.85. The van der Waals surface area contributed by atoms with Crippen molar-refractivity contribution in [3.63, 3.8) is 0 Å². The number of amides is 2. The van der Waals surface area contributed by atoms with Gasteiger partial charge in [0.25, 0.3) is 5.91 Å². The van der Waals surface area contributed by atoms with Crippen LogP contribution in [0, 0.1) is 0 Å². The van der Waals surface area contributed by atoms with Crippen LogP contribution in [0.25, 0.3) is 0 Å². The van der Waals surface area contributed by atoms with Crippen molar-refractivity contribution in [2.24, 2.45) is 0 Å². The molecule has 5 heteroatoms. The topological polar surface area (TPSA) is 49.9 Å². The van der Waals surface area contributed by atoms with Crippen LogP contribution in [-0.2, 0) is 9.59 Å². The van der Waals surface area contributed by atoms with Crippen molar-refractivity contribution >= 4 is 11.8 Å². The van der Waals surface area contributed by atoms with E-state index in [1.807, 2.05) is 36.1 Å². The van der Waals surface area contributed by atoms with Gasteiger partial charge in [-0.25, -0.2) is 0 Å². The Kier molecular flexibility index (Phi) is 6.64.